The molecule has 6 saturated carbocycles. The molecule has 14 rings (SSSR count). The van der Waals surface area contributed by atoms with Crippen LogP contribution >= 0.6 is 0 Å². The monoisotopic (exact) mass is 1550 g/mol. The maximum atomic E-state index is 14.6. The van der Waals surface area contributed by atoms with Gasteiger partial charge in [-0.15, -0.1) is 13.2 Å². The molecule has 6 aliphatic carbocycles. The number of sulfonamides is 2. The van der Waals surface area contributed by atoms with Crippen molar-refractivity contribution < 1.29 is 69.9 Å². The number of benzene rings is 4. The molecule has 588 valence electrons. The van der Waals surface area contributed by atoms with Gasteiger partial charge in [0.1, 0.15) is 35.2 Å². The lowest BCUT2D eigenvalue weighted by molar-refractivity contribution is -0.144. The summed E-state index contributed by atoms with van der Waals surface area (Å²) in [6.45, 7) is 18.6. The Hall–Kier alpha value is -10.3. The van der Waals surface area contributed by atoms with Crippen LogP contribution in [0.1, 0.15) is 152 Å². The lowest BCUT2D eigenvalue weighted by Crippen LogP contribution is -2.60. The van der Waals surface area contributed by atoms with Crippen LogP contribution in [-0.4, -0.2) is 172 Å². The van der Waals surface area contributed by atoms with Crippen molar-refractivity contribution in [3.8, 4) is 22.5 Å². The number of amides is 9. The summed E-state index contributed by atoms with van der Waals surface area (Å²) in [5, 5.41) is 23.8. The molecule has 4 heterocycles. The van der Waals surface area contributed by atoms with E-state index in [0.717, 1.165) is 36.8 Å². The lowest BCUT2D eigenvalue weighted by atomic mass is 9.85. The highest BCUT2D eigenvalue weighted by atomic mass is 32.2. The summed E-state index contributed by atoms with van der Waals surface area (Å²) in [6.07, 6.45) is 10.0. The number of hydrogen-bond acceptors (Lipinski definition) is 17. The van der Waals surface area contributed by atoms with Crippen molar-refractivity contribution in [3.05, 3.63) is 158 Å². The fourth-order valence-electron chi connectivity index (χ4n) is 14.6. The van der Waals surface area contributed by atoms with Gasteiger partial charge in [-0.05, 0) is 124 Å². The van der Waals surface area contributed by atoms with Crippen LogP contribution in [0.5, 0.6) is 0 Å². The number of carboxylic acids is 1. The summed E-state index contributed by atoms with van der Waals surface area (Å²) in [5.74, 6) is -5.93. The zero-order chi connectivity index (χ0) is 79.9. The normalized spacial score (nSPS) is 23.8. The van der Waals surface area contributed by atoms with Crippen LogP contribution in [0.4, 0.5) is 0 Å². The molecule has 4 aromatic carbocycles. The van der Waals surface area contributed by atoms with Crippen LogP contribution < -0.4 is 41.8 Å². The molecule has 9 amide bonds. The van der Waals surface area contributed by atoms with Crippen molar-refractivity contribution >= 4 is 101 Å². The molecule has 4 unspecified atom stereocenters. The number of nitrogens with zero attached hydrogens (tertiary/aromatic N) is 4. The molecule has 8 fully saturated rings. The first kappa shape index (κ1) is 80.3. The van der Waals surface area contributed by atoms with E-state index in [4.69, 9.17) is 10.7 Å². The van der Waals surface area contributed by atoms with Gasteiger partial charge in [0.2, 0.25) is 55.5 Å². The minimum absolute atomic E-state index is 0.00157. The average Bonchev–Trinajstić information content (AvgIpc) is 1.58. The molecule has 2 saturated heterocycles. The predicted molar refractivity (Wildman–Crippen MR) is 417 cm³/mol. The van der Waals surface area contributed by atoms with Crippen LogP contribution in [0.3, 0.4) is 0 Å². The molecule has 111 heavy (non-hydrogen) atoms. The van der Waals surface area contributed by atoms with Crippen LogP contribution in [0.15, 0.2) is 147 Å². The van der Waals surface area contributed by atoms with E-state index < -0.39 is 148 Å². The standard InChI is InChI=1S/C41H48N6O7S.C25H39N5O6S.C16H11NO2/c1-5-26-22-41(26,39(52)46-55(53,54)28-17-18-28)45-37(50)33-20-27(23-47(33)38(51)35(40(2,3)4)44-34(48)19-24-15-16-24)42-36(49)30-21-32(25-11-7-6-8-12-25)43-31-14-10-9-13-29(30)31;1-5-15-12-25(15,23(34)29-37(35,36)17-8-9-17)28-21(32)18-11-16(26)13-30(18)22(33)20(24(2,3)4)27-19(31)10-14-6-7-14;18-16(19)13-10-15(11-6-2-1-3-7-11)17-14-9-5-4-8-12(13)14/h5-14,21,24,26-28,33,35H,1,15-20,22-23H2,2-4H3,(H,42,49)(H,44,48)(H,45,50)(H,46,52);5,14-18,20H,1,6-13,26H2,2-4H3,(H,27,31)(H,28,32)(H,29,34);1-10H,(H,18,19)/t26?,27-,33+,35-,41?;15?,16-,18+,20-,25?;/m11./s1. The Morgan fingerprint density at radius 1 is 0.550 bits per heavy atom. The van der Waals surface area contributed by atoms with E-state index in [9.17, 15) is 69.9 Å². The molecule has 29 heteroatoms. The number of likely N-dealkylation sites (tertiary alicyclic amines) is 2. The summed E-state index contributed by atoms with van der Waals surface area (Å²) < 4.78 is 54.4. The third-order valence-electron chi connectivity index (χ3n) is 21.9. The first-order chi connectivity index (χ1) is 52.5. The largest absolute Gasteiger partial charge is 0.478 e. The maximum Gasteiger partial charge on any atom is 0.336 e. The van der Waals surface area contributed by atoms with E-state index in [1.165, 1.54) is 22.0 Å². The molecule has 10 N–H and O–H groups in total. The summed E-state index contributed by atoms with van der Waals surface area (Å²) in [5.41, 5.74) is 6.78. The topological polar surface area (TPSA) is 402 Å². The van der Waals surface area contributed by atoms with E-state index in [1.807, 2.05) is 145 Å². The van der Waals surface area contributed by atoms with Gasteiger partial charge in [-0.1, -0.05) is 151 Å². The molecule has 6 aromatic rings. The molecular weight excluding hydrogens is 1460 g/mol. The van der Waals surface area contributed by atoms with Crippen LogP contribution in [0, 0.1) is 34.5 Å². The van der Waals surface area contributed by atoms with Gasteiger partial charge < -0.3 is 47.2 Å². The molecule has 10 atom stereocenters. The van der Waals surface area contributed by atoms with Crippen molar-refractivity contribution in [2.75, 3.05) is 13.1 Å². The number of carboxylic acid groups (broad SMARTS) is 1. The van der Waals surface area contributed by atoms with E-state index in [1.54, 1.807) is 18.2 Å². The summed E-state index contributed by atoms with van der Waals surface area (Å²) in [6, 6.07) is 31.9. The zero-order valence-electron chi connectivity index (χ0n) is 63.2. The third kappa shape index (κ3) is 18.7. The SMILES string of the molecule is C=CC1CC1(NC(=O)[C@@H]1C[C@@H](N)CN1C(=O)[C@@H](NC(=O)CC1CC1)C(C)(C)C)C(=O)NS(=O)(=O)C1CC1.C=CC1CC1(NC(=O)[C@@H]1C[C@@H](NC(=O)c2cc(-c3ccccc3)nc3ccccc23)CN1C(=O)[C@@H](NC(=O)CC1CC1)C(C)(C)C)C(=O)NS(=O)(=O)C1CC1.O=C(O)c1cc(-c2ccccc2)nc2ccccc12. The Morgan fingerprint density at radius 2 is 0.937 bits per heavy atom. The molecule has 0 bridgehead atoms. The van der Waals surface area contributed by atoms with Gasteiger partial charge in [0.25, 0.3) is 17.7 Å². The van der Waals surface area contributed by atoms with Gasteiger partial charge in [-0.2, -0.15) is 0 Å². The Morgan fingerprint density at radius 3 is 1.32 bits per heavy atom. The molecule has 2 aromatic heterocycles. The summed E-state index contributed by atoms with van der Waals surface area (Å²) >= 11 is 0. The Bertz CT molecular complexity index is 4920. The first-order valence-corrected chi connectivity index (χ1v) is 41.0. The Kier molecular flexibility index (Phi) is 23.0. The quantitative estimate of drug-likeness (QED) is 0.0258. The van der Waals surface area contributed by atoms with E-state index in [-0.39, 0.29) is 62.1 Å². The smallest absolute Gasteiger partial charge is 0.336 e. The van der Waals surface area contributed by atoms with Crippen molar-refractivity contribution in [2.24, 2.45) is 40.2 Å². The summed E-state index contributed by atoms with van der Waals surface area (Å²) in [7, 11) is -7.71. The molecule has 0 radical (unpaired) electrons. The van der Waals surface area contributed by atoms with Gasteiger partial charge in [-0.25, -0.2) is 31.6 Å². The fourth-order valence-corrected chi connectivity index (χ4v) is 17.3. The van der Waals surface area contributed by atoms with Crippen molar-refractivity contribution in [1.82, 2.24) is 55.8 Å². The predicted octanol–water partition coefficient (Wildman–Crippen LogP) is 7.12. The highest BCUT2D eigenvalue weighted by Crippen LogP contribution is 2.47. The van der Waals surface area contributed by atoms with Crippen molar-refractivity contribution in [1.29, 1.82) is 0 Å². The number of fused-ring (bicyclic) bond motifs is 2. The highest BCUT2D eigenvalue weighted by molar-refractivity contribution is 7.91. The first-order valence-electron chi connectivity index (χ1n) is 37.9. The van der Waals surface area contributed by atoms with Crippen LogP contribution in [0.25, 0.3) is 44.3 Å². The van der Waals surface area contributed by atoms with Gasteiger partial charge in [0.05, 0.1) is 44.0 Å². The maximum absolute atomic E-state index is 14.6. The number of pyridine rings is 2. The molecule has 8 aliphatic rings. The lowest BCUT2D eigenvalue weighted by Gasteiger charge is -2.35. The third-order valence-corrected chi connectivity index (χ3v) is 25.5. The van der Waals surface area contributed by atoms with Gasteiger partial charge in [-0.3, -0.25) is 52.6 Å². The van der Waals surface area contributed by atoms with Crippen molar-refractivity contribution in [2.45, 2.75) is 189 Å². The van der Waals surface area contributed by atoms with Crippen molar-refractivity contribution in [3.63, 3.8) is 0 Å². The second kappa shape index (κ2) is 31.8. The number of nitrogens with one attached hydrogen (secondary N) is 7. The Labute approximate surface area is 646 Å². The second-order valence-electron chi connectivity index (χ2n) is 33.0. The minimum atomic E-state index is -3.91. The number of carbonyl (C=O) groups is 10. The average molecular weight is 1560 g/mol. The van der Waals surface area contributed by atoms with E-state index in [2.05, 4.69) is 54.2 Å². The van der Waals surface area contributed by atoms with Crippen LogP contribution in [-0.2, 0) is 58.4 Å². The molecule has 2 aliphatic heterocycles. The highest BCUT2D eigenvalue weighted by Gasteiger charge is 2.64. The number of aromatic nitrogens is 2. The fraction of sp³-hybridized carbons (Fsp3) is 0.463. The number of nitrogens with two attached hydrogens (primary N) is 1. The van der Waals surface area contributed by atoms with E-state index in [0.29, 0.717) is 83.2 Å². The number of aromatic carboxylic acids is 1. The molecular formula is C82H98N12O15S2. The number of para-hydroxylation sites is 2. The number of carbonyl (C=O) groups excluding carboxylic acids is 9. The summed E-state index contributed by atoms with van der Waals surface area (Å²) in [4.78, 5) is 146. The van der Waals surface area contributed by atoms with E-state index >= 15 is 0 Å². The van der Waals surface area contributed by atoms with Crippen LogP contribution in [0.2, 0.25) is 0 Å². The van der Waals surface area contributed by atoms with Gasteiger partial charge in [0, 0.05) is 71.8 Å². The Balaban J connectivity index is 0.000000174. The second-order valence-corrected chi connectivity index (χ2v) is 36.9. The number of rotatable bonds is 25. The number of hydrogen-bond donors (Lipinski definition) is 9. The molecule has 0 spiro atoms. The zero-order valence-corrected chi connectivity index (χ0v) is 64.8. The molecule has 27 nitrogen and oxygen atoms in total. The minimum Gasteiger partial charge on any atom is -0.478 e. The van der Waals surface area contributed by atoms with Gasteiger partial charge >= 0.3 is 5.97 Å². The van der Waals surface area contributed by atoms with Gasteiger partial charge in [0.15, 0.2) is 0 Å².